The third kappa shape index (κ3) is 5.32. The van der Waals surface area contributed by atoms with E-state index in [1.54, 1.807) is 55.3 Å². The van der Waals surface area contributed by atoms with Gasteiger partial charge in [-0.05, 0) is 37.2 Å². The number of piperazine rings is 1. The largest absolute Gasteiger partial charge is 0.497 e. The highest BCUT2D eigenvalue weighted by molar-refractivity contribution is 5.84. The minimum absolute atomic E-state index is 0.0466. The molecule has 12 heteroatoms. The van der Waals surface area contributed by atoms with Gasteiger partial charge in [-0.25, -0.2) is 9.97 Å². The lowest BCUT2D eigenvalue weighted by atomic mass is 10.0. The molecule has 0 unspecified atom stereocenters. The molecule has 220 valence electrons. The number of likely N-dealkylation sites (N-methyl/N-ethyl adjacent to an activating group) is 1. The van der Waals surface area contributed by atoms with Gasteiger partial charge in [0.1, 0.15) is 28.6 Å². The van der Waals surface area contributed by atoms with E-state index in [0.717, 1.165) is 19.6 Å². The lowest BCUT2D eigenvalue weighted by Crippen LogP contribution is -2.46. The van der Waals surface area contributed by atoms with Crippen LogP contribution >= 0.6 is 0 Å². The smallest absolute Gasteiger partial charge is 0.293 e. The molecule has 0 saturated carbocycles. The number of ether oxygens (including phenoxy) is 3. The van der Waals surface area contributed by atoms with Crippen molar-refractivity contribution in [3.05, 3.63) is 63.1 Å². The Bertz CT molecular complexity index is 1670. The van der Waals surface area contributed by atoms with Crippen molar-refractivity contribution in [1.82, 2.24) is 19.4 Å². The Morgan fingerprint density at radius 2 is 1.57 bits per heavy atom. The summed E-state index contributed by atoms with van der Waals surface area (Å²) in [4.78, 5) is 39.1. The van der Waals surface area contributed by atoms with E-state index in [-0.39, 0.29) is 22.0 Å². The highest BCUT2D eigenvalue weighted by atomic mass is 16.6. The molecule has 5 rings (SSSR count). The number of nitrogens with zero attached hydrogens (tertiary/aromatic N) is 6. The topological polar surface area (TPSA) is 125 Å². The first-order chi connectivity index (χ1) is 20.3. The van der Waals surface area contributed by atoms with Gasteiger partial charge in [0.05, 0.1) is 31.8 Å². The monoisotopic (exact) mass is 574 g/mol. The maximum absolute atomic E-state index is 13.7. The number of nitro benzene ring substituents is 1. The Morgan fingerprint density at radius 3 is 2.14 bits per heavy atom. The van der Waals surface area contributed by atoms with Crippen molar-refractivity contribution in [2.45, 2.75) is 20.4 Å². The number of rotatable bonds is 9. The first-order valence-corrected chi connectivity index (χ1v) is 13.8. The lowest BCUT2D eigenvalue weighted by molar-refractivity contribution is -0.384. The summed E-state index contributed by atoms with van der Waals surface area (Å²) in [7, 11) is 4.62. The van der Waals surface area contributed by atoms with Gasteiger partial charge in [-0.3, -0.25) is 19.5 Å². The number of benzene rings is 2. The summed E-state index contributed by atoms with van der Waals surface area (Å²) >= 11 is 0. The molecule has 0 N–H and O–H groups in total. The predicted molar refractivity (Wildman–Crippen MR) is 161 cm³/mol. The second-order valence-corrected chi connectivity index (χ2v) is 9.90. The summed E-state index contributed by atoms with van der Waals surface area (Å²) in [6, 6.07) is 10.2. The van der Waals surface area contributed by atoms with E-state index in [2.05, 4.69) is 16.8 Å². The highest BCUT2D eigenvalue weighted by Crippen LogP contribution is 2.40. The van der Waals surface area contributed by atoms with Crippen LogP contribution in [-0.4, -0.2) is 78.4 Å². The average Bonchev–Trinajstić information content (AvgIpc) is 3.03. The quantitative estimate of drug-likeness (QED) is 0.212. The molecule has 0 radical (unpaired) electrons. The van der Waals surface area contributed by atoms with Gasteiger partial charge in [-0.1, -0.05) is 6.92 Å². The summed E-state index contributed by atoms with van der Waals surface area (Å²) in [6.45, 7) is 8.25. The van der Waals surface area contributed by atoms with E-state index >= 15 is 0 Å². The number of methoxy groups -OCH3 is 3. The predicted octanol–water partition coefficient (Wildman–Crippen LogP) is 4.22. The number of hydrogen-bond donors (Lipinski definition) is 0. The molecule has 4 aromatic rings. The fourth-order valence-electron chi connectivity index (χ4n) is 5.36. The number of fused-ring (bicyclic) bond motifs is 1. The van der Waals surface area contributed by atoms with Crippen LogP contribution in [-0.2, 0) is 6.54 Å². The van der Waals surface area contributed by atoms with Crippen molar-refractivity contribution in [2.24, 2.45) is 0 Å². The zero-order valence-electron chi connectivity index (χ0n) is 24.4. The van der Waals surface area contributed by atoms with Crippen molar-refractivity contribution >= 4 is 22.4 Å². The fraction of sp³-hybridized carbons (Fsp3) is 0.367. The van der Waals surface area contributed by atoms with Gasteiger partial charge in [-0.2, -0.15) is 0 Å². The van der Waals surface area contributed by atoms with Gasteiger partial charge < -0.3 is 24.0 Å². The molecule has 0 aliphatic carbocycles. The highest BCUT2D eigenvalue weighted by Gasteiger charge is 2.27. The van der Waals surface area contributed by atoms with Gasteiger partial charge in [0.25, 0.3) is 11.2 Å². The van der Waals surface area contributed by atoms with E-state index < -0.39 is 0 Å². The standard InChI is InChI=1S/C30H34N6O6/c1-6-33-8-10-34(11-9-33)25-17-27(42-5)24(16-26(25)36(38)39)28-31-18-20-14-23(30(37)35(7-2)29(20)32-28)19-12-21(40-3)15-22(13-19)41-4/h12-18H,6-11H2,1-5H3. The number of anilines is 1. The van der Waals surface area contributed by atoms with Gasteiger partial charge >= 0.3 is 0 Å². The summed E-state index contributed by atoms with van der Waals surface area (Å²) in [5, 5.41) is 12.8. The van der Waals surface area contributed by atoms with Gasteiger partial charge in [0.2, 0.25) is 0 Å². The van der Waals surface area contributed by atoms with E-state index in [4.69, 9.17) is 19.2 Å². The van der Waals surface area contributed by atoms with E-state index in [1.807, 2.05) is 11.8 Å². The van der Waals surface area contributed by atoms with Crippen molar-refractivity contribution in [3.63, 3.8) is 0 Å². The van der Waals surface area contributed by atoms with E-state index in [0.29, 0.717) is 70.3 Å². The van der Waals surface area contributed by atoms with Crippen LogP contribution in [0.2, 0.25) is 0 Å². The van der Waals surface area contributed by atoms with Crippen LogP contribution in [0.5, 0.6) is 17.2 Å². The number of pyridine rings is 1. The molecule has 12 nitrogen and oxygen atoms in total. The van der Waals surface area contributed by atoms with Crippen LogP contribution in [0.3, 0.4) is 0 Å². The molecule has 3 heterocycles. The van der Waals surface area contributed by atoms with E-state index in [1.165, 1.54) is 13.2 Å². The van der Waals surface area contributed by atoms with Crippen molar-refractivity contribution in [2.75, 3.05) is 59.0 Å². The van der Waals surface area contributed by atoms with Crippen LogP contribution in [0.1, 0.15) is 13.8 Å². The molecule has 1 aliphatic heterocycles. The maximum atomic E-state index is 13.7. The van der Waals surface area contributed by atoms with Crippen LogP contribution in [0.25, 0.3) is 33.5 Å². The summed E-state index contributed by atoms with van der Waals surface area (Å²) < 4.78 is 18.0. The Hall–Kier alpha value is -4.71. The first-order valence-electron chi connectivity index (χ1n) is 13.8. The Balaban J connectivity index is 1.63. The van der Waals surface area contributed by atoms with Gasteiger partial charge in [0, 0.05) is 68.1 Å². The molecule has 0 atom stereocenters. The summed E-state index contributed by atoms with van der Waals surface area (Å²) in [5.74, 6) is 1.76. The molecule has 2 aromatic carbocycles. The Labute approximate surface area is 243 Å². The number of aryl methyl sites for hydroxylation is 1. The number of nitro groups is 1. The second-order valence-electron chi connectivity index (χ2n) is 9.90. The Morgan fingerprint density at radius 1 is 0.881 bits per heavy atom. The average molecular weight is 575 g/mol. The van der Waals surface area contributed by atoms with Crippen molar-refractivity contribution < 1.29 is 19.1 Å². The van der Waals surface area contributed by atoms with Crippen molar-refractivity contribution in [1.29, 1.82) is 0 Å². The summed E-state index contributed by atoms with van der Waals surface area (Å²) in [6.07, 6.45) is 1.62. The molecule has 42 heavy (non-hydrogen) atoms. The number of hydrogen-bond acceptors (Lipinski definition) is 10. The minimum atomic E-state index is -0.387. The lowest BCUT2D eigenvalue weighted by Gasteiger charge is -2.35. The van der Waals surface area contributed by atoms with Gasteiger partial charge in [0.15, 0.2) is 5.82 Å². The van der Waals surface area contributed by atoms with E-state index in [9.17, 15) is 14.9 Å². The maximum Gasteiger partial charge on any atom is 0.293 e. The Kier molecular flexibility index (Phi) is 8.25. The van der Waals surface area contributed by atoms with Crippen LogP contribution in [0, 0.1) is 10.1 Å². The van der Waals surface area contributed by atoms with Crippen LogP contribution in [0.4, 0.5) is 11.4 Å². The normalized spacial score (nSPS) is 13.8. The molecule has 2 aromatic heterocycles. The first kappa shape index (κ1) is 28.8. The molecular weight excluding hydrogens is 540 g/mol. The summed E-state index contributed by atoms with van der Waals surface area (Å²) in [5.41, 5.74) is 2.07. The molecular formula is C30H34N6O6. The molecule has 0 bridgehead atoms. The van der Waals surface area contributed by atoms with Crippen LogP contribution in [0.15, 0.2) is 47.4 Å². The van der Waals surface area contributed by atoms with Crippen LogP contribution < -0.4 is 24.7 Å². The third-order valence-corrected chi connectivity index (χ3v) is 7.70. The zero-order chi connectivity index (χ0) is 30.0. The molecule has 0 spiro atoms. The number of aromatic nitrogens is 3. The second kappa shape index (κ2) is 12.0. The zero-order valence-corrected chi connectivity index (χ0v) is 24.4. The van der Waals surface area contributed by atoms with Gasteiger partial charge in [-0.15, -0.1) is 0 Å². The SMILES string of the molecule is CCN1CCN(c2cc(OC)c(-c3ncc4cc(-c5cc(OC)cc(OC)c5)c(=O)n(CC)c4n3)cc2[N+](=O)[O-])CC1. The van der Waals surface area contributed by atoms with Crippen molar-refractivity contribution in [3.8, 4) is 39.8 Å². The molecule has 1 saturated heterocycles. The molecule has 1 fully saturated rings. The minimum Gasteiger partial charge on any atom is -0.497 e. The molecule has 0 amide bonds. The fourth-order valence-corrected chi connectivity index (χ4v) is 5.36. The molecule has 1 aliphatic rings. The third-order valence-electron chi connectivity index (χ3n) is 7.70.